The number of nitrogens with zero attached hydrogens (tertiary/aromatic N) is 4. The van der Waals surface area contributed by atoms with Gasteiger partial charge in [0.1, 0.15) is 11.3 Å². The van der Waals surface area contributed by atoms with Crippen LogP contribution in [0.15, 0.2) is 61.2 Å². The Morgan fingerprint density at radius 3 is 2.18 bits per heavy atom. The number of fused-ring (bicyclic) bond motifs is 1. The predicted octanol–water partition coefficient (Wildman–Crippen LogP) is 3.79. The second-order valence-corrected chi connectivity index (χ2v) is 5.94. The average molecular weight is 379 g/mol. The molecule has 4 aromatic rings. The van der Waals surface area contributed by atoms with E-state index in [0.717, 1.165) is 17.7 Å². The molecule has 8 heteroatoms. The zero-order valence-electron chi connectivity index (χ0n) is 14.3. The lowest BCUT2D eigenvalue weighted by atomic mass is 10.1. The molecule has 1 aromatic carbocycles. The Morgan fingerprint density at radius 2 is 1.50 bits per heavy atom. The number of imidazole rings is 1. The van der Waals surface area contributed by atoms with Gasteiger partial charge in [-0.2, -0.15) is 13.2 Å². The van der Waals surface area contributed by atoms with E-state index in [-0.39, 0.29) is 5.95 Å². The van der Waals surface area contributed by atoms with Crippen molar-refractivity contribution >= 4 is 11.6 Å². The first-order chi connectivity index (χ1) is 13.4. The first kappa shape index (κ1) is 17.5. The minimum absolute atomic E-state index is 0.168. The summed E-state index contributed by atoms with van der Waals surface area (Å²) < 4.78 is 40.0. The molecule has 0 saturated carbocycles. The summed E-state index contributed by atoms with van der Waals surface area (Å²) in [4.78, 5) is 12.0. The largest absolute Gasteiger partial charge is 0.416 e. The molecule has 0 saturated heterocycles. The number of hydrogen-bond acceptors (Lipinski definition) is 4. The van der Waals surface area contributed by atoms with Crippen molar-refractivity contribution in [2.24, 2.45) is 0 Å². The second-order valence-electron chi connectivity index (χ2n) is 5.94. The number of alkyl halides is 3. The average Bonchev–Trinajstić information content (AvgIpc) is 3.09. The SMILES string of the molecule is Nc1ncc(C#Cc2cnc3ccc(-c4ccc(C(F)(F)F)cc4)cn23)cn1. The Hall–Kier alpha value is -3.86. The van der Waals surface area contributed by atoms with Gasteiger partial charge in [0.15, 0.2) is 0 Å². The summed E-state index contributed by atoms with van der Waals surface area (Å²) in [5.74, 6) is 6.09. The molecule has 28 heavy (non-hydrogen) atoms. The highest BCUT2D eigenvalue weighted by Crippen LogP contribution is 2.31. The van der Waals surface area contributed by atoms with E-state index in [1.165, 1.54) is 24.5 Å². The summed E-state index contributed by atoms with van der Waals surface area (Å²) in [5.41, 5.74) is 8.08. The summed E-state index contributed by atoms with van der Waals surface area (Å²) in [5, 5.41) is 0. The van der Waals surface area contributed by atoms with E-state index in [0.29, 0.717) is 22.5 Å². The summed E-state index contributed by atoms with van der Waals surface area (Å²) in [7, 11) is 0. The molecule has 0 spiro atoms. The van der Waals surface area contributed by atoms with Crippen LogP contribution in [0.25, 0.3) is 16.8 Å². The molecule has 4 rings (SSSR count). The molecule has 0 bridgehead atoms. The molecule has 0 unspecified atom stereocenters. The van der Waals surface area contributed by atoms with Crippen molar-refractivity contribution < 1.29 is 13.2 Å². The Balaban J connectivity index is 1.69. The van der Waals surface area contributed by atoms with Gasteiger partial charge < -0.3 is 5.73 Å². The fraction of sp³-hybridized carbons (Fsp3) is 0.0500. The van der Waals surface area contributed by atoms with Crippen molar-refractivity contribution in [3.8, 4) is 23.0 Å². The van der Waals surface area contributed by atoms with Crippen LogP contribution in [0.5, 0.6) is 0 Å². The van der Waals surface area contributed by atoms with Crippen LogP contribution in [0, 0.1) is 11.8 Å². The Labute approximate surface area is 157 Å². The van der Waals surface area contributed by atoms with Gasteiger partial charge in [0.25, 0.3) is 0 Å². The number of rotatable bonds is 1. The molecule has 0 aliphatic rings. The number of halogens is 3. The lowest BCUT2D eigenvalue weighted by Crippen LogP contribution is -2.04. The summed E-state index contributed by atoms with van der Waals surface area (Å²) in [6, 6.07) is 8.60. The summed E-state index contributed by atoms with van der Waals surface area (Å²) >= 11 is 0. The van der Waals surface area contributed by atoms with Gasteiger partial charge in [0, 0.05) is 18.6 Å². The Morgan fingerprint density at radius 1 is 0.821 bits per heavy atom. The molecule has 3 heterocycles. The molecule has 0 aliphatic heterocycles. The fourth-order valence-corrected chi connectivity index (χ4v) is 2.63. The van der Waals surface area contributed by atoms with Crippen molar-refractivity contribution in [3.05, 3.63) is 78.0 Å². The smallest absolute Gasteiger partial charge is 0.368 e. The van der Waals surface area contributed by atoms with Crippen LogP contribution in [-0.4, -0.2) is 19.4 Å². The van der Waals surface area contributed by atoms with Gasteiger partial charge >= 0.3 is 6.18 Å². The highest BCUT2D eigenvalue weighted by Gasteiger charge is 2.29. The molecule has 5 nitrogen and oxygen atoms in total. The molecule has 0 fully saturated rings. The highest BCUT2D eigenvalue weighted by molar-refractivity contribution is 5.65. The van der Waals surface area contributed by atoms with Crippen molar-refractivity contribution in [1.82, 2.24) is 19.4 Å². The van der Waals surface area contributed by atoms with Crippen LogP contribution in [0.4, 0.5) is 19.1 Å². The van der Waals surface area contributed by atoms with E-state index < -0.39 is 11.7 Å². The van der Waals surface area contributed by atoms with E-state index >= 15 is 0 Å². The van der Waals surface area contributed by atoms with Crippen LogP contribution < -0.4 is 5.73 Å². The fourth-order valence-electron chi connectivity index (χ4n) is 2.63. The van der Waals surface area contributed by atoms with E-state index in [2.05, 4.69) is 26.8 Å². The minimum atomic E-state index is -4.36. The molecule has 0 radical (unpaired) electrons. The van der Waals surface area contributed by atoms with Crippen LogP contribution in [-0.2, 0) is 6.18 Å². The maximum Gasteiger partial charge on any atom is 0.416 e. The van der Waals surface area contributed by atoms with Crippen molar-refractivity contribution in [3.63, 3.8) is 0 Å². The predicted molar refractivity (Wildman–Crippen MR) is 98.1 cm³/mol. The van der Waals surface area contributed by atoms with E-state index in [9.17, 15) is 13.2 Å². The minimum Gasteiger partial charge on any atom is -0.368 e. The molecule has 138 valence electrons. The van der Waals surface area contributed by atoms with Crippen LogP contribution in [0.1, 0.15) is 16.8 Å². The van der Waals surface area contributed by atoms with Gasteiger partial charge in [-0.3, -0.25) is 4.40 Å². The molecule has 3 aromatic heterocycles. The third kappa shape index (κ3) is 3.50. The van der Waals surface area contributed by atoms with Gasteiger partial charge in [-0.25, -0.2) is 15.0 Å². The van der Waals surface area contributed by atoms with Gasteiger partial charge in [0.05, 0.1) is 17.3 Å². The maximum atomic E-state index is 12.7. The number of aromatic nitrogens is 4. The topological polar surface area (TPSA) is 69.1 Å². The molecular weight excluding hydrogens is 367 g/mol. The first-order valence-electron chi connectivity index (χ1n) is 8.14. The highest BCUT2D eigenvalue weighted by atomic mass is 19.4. The van der Waals surface area contributed by atoms with Crippen molar-refractivity contribution in [2.75, 3.05) is 5.73 Å². The van der Waals surface area contributed by atoms with E-state index in [4.69, 9.17) is 5.73 Å². The molecule has 0 atom stereocenters. The lowest BCUT2D eigenvalue weighted by molar-refractivity contribution is -0.137. The second kappa shape index (κ2) is 6.70. The number of pyridine rings is 1. The monoisotopic (exact) mass is 379 g/mol. The number of nitrogen functional groups attached to an aromatic ring is 1. The van der Waals surface area contributed by atoms with Crippen LogP contribution >= 0.6 is 0 Å². The molecule has 0 aliphatic carbocycles. The zero-order valence-corrected chi connectivity index (χ0v) is 14.3. The standard InChI is InChI=1S/C20H12F3N5/c21-20(22,23)16-5-2-14(3-6-16)15-4-8-18-25-11-17(28(18)12-15)7-1-13-9-26-19(24)27-10-13/h2-6,8-12H,(H2,24,26,27). The number of nitrogens with two attached hydrogens (primary N) is 1. The third-order valence-corrected chi connectivity index (χ3v) is 4.06. The van der Waals surface area contributed by atoms with Gasteiger partial charge in [0.2, 0.25) is 5.95 Å². The van der Waals surface area contributed by atoms with Crippen LogP contribution in [0.3, 0.4) is 0 Å². The molecular formula is C20H12F3N5. The Bertz CT molecular complexity index is 1200. The number of benzene rings is 1. The van der Waals surface area contributed by atoms with E-state index in [1.807, 2.05) is 0 Å². The van der Waals surface area contributed by atoms with Crippen molar-refractivity contribution in [1.29, 1.82) is 0 Å². The first-order valence-corrected chi connectivity index (χ1v) is 8.14. The van der Waals surface area contributed by atoms with E-state index in [1.54, 1.807) is 28.9 Å². The molecule has 2 N–H and O–H groups in total. The Kier molecular flexibility index (Phi) is 4.20. The summed E-state index contributed by atoms with van der Waals surface area (Å²) in [6.45, 7) is 0. The van der Waals surface area contributed by atoms with Crippen LogP contribution in [0.2, 0.25) is 0 Å². The normalized spacial score (nSPS) is 11.2. The number of anilines is 1. The van der Waals surface area contributed by atoms with Gasteiger partial charge in [-0.1, -0.05) is 18.1 Å². The summed E-state index contributed by atoms with van der Waals surface area (Å²) in [6.07, 6.45) is 2.09. The van der Waals surface area contributed by atoms with Crippen molar-refractivity contribution in [2.45, 2.75) is 6.18 Å². The quantitative estimate of drug-likeness (QED) is 0.511. The molecule has 0 amide bonds. The van der Waals surface area contributed by atoms with Gasteiger partial charge in [-0.15, -0.1) is 0 Å². The maximum absolute atomic E-state index is 12.7. The zero-order chi connectivity index (χ0) is 19.7. The number of hydrogen-bond donors (Lipinski definition) is 1. The lowest BCUT2D eigenvalue weighted by Gasteiger charge is -2.08. The third-order valence-electron chi connectivity index (χ3n) is 4.06. The van der Waals surface area contributed by atoms with Gasteiger partial charge in [-0.05, 0) is 41.3 Å².